The van der Waals surface area contributed by atoms with E-state index in [4.69, 9.17) is 0 Å². The van der Waals surface area contributed by atoms with Crippen molar-refractivity contribution in [2.75, 3.05) is 6.54 Å². The predicted molar refractivity (Wildman–Crippen MR) is 67.8 cm³/mol. The zero-order valence-electron chi connectivity index (χ0n) is 10.3. The zero-order valence-corrected chi connectivity index (χ0v) is 10.3. The molecular weight excluding hydrogens is 210 g/mol. The minimum Gasteiger partial charge on any atom is -0.355 e. The molecule has 17 heavy (non-hydrogen) atoms. The summed E-state index contributed by atoms with van der Waals surface area (Å²) in [7, 11) is 0. The quantitative estimate of drug-likeness (QED) is 0.788. The second-order valence-electron chi connectivity index (χ2n) is 5.48. The van der Waals surface area contributed by atoms with Crippen LogP contribution in [0.2, 0.25) is 0 Å². The first kappa shape index (κ1) is 10.8. The second kappa shape index (κ2) is 3.86. The van der Waals surface area contributed by atoms with Crippen LogP contribution in [0.1, 0.15) is 42.7 Å². The molecule has 1 spiro atoms. The van der Waals surface area contributed by atoms with Crippen LogP contribution in [0.3, 0.4) is 0 Å². The van der Waals surface area contributed by atoms with E-state index in [0.717, 1.165) is 19.4 Å². The zero-order chi connectivity index (χ0) is 11.9. The predicted octanol–water partition coefficient (Wildman–Crippen LogP) is 2.77. The molecule has 90 valence electrons. The second-order valence-corrected chi connectivity index (χ2v) is 5.48. The van der Waals surface area contributed by atoms with E-state index in [0.29, 0.717) is 11.8 Å². The molecule has 0 unspecified atom stereocenters. The van der Waals surface area contributed by atoms with E-state index in [1.54, 1.807) is 0 Å². The molecule has 1 amide bonds. The lowest BCUT2D eigenvalue weighted by atomic mass is 9.72. The summed E-state index contributed by atoms with van der Waals surface area (Å²) >= 11 is 0. The maximum absolute atomic E-state index is 12.2. The van der Waals surface area contributed by atoms with Crippen molar-refractivity contribution in [1.29, 1.82) is 0 Å². The maximum Gasteiger partial charge on any atom is 0.226 e. The smallest absolute Gasteiger partial charge is 0.226 e. The van der Waals surface area contributed by atoms with E-state index in [9.17, 15) is 4.79 Å². The molecule has 2 heteroatoms. The van der Waals surface area contributed by atoms with Gasteiger partial charge in [-0.15, -0.1) is 0 Å². The molecule has 1 heterocycles. The fourth-order valence-electron chi connectivity index (χ4n) is 3.69. The Bertz CT molecular complexity index is 446. The van der Waals surface area contributed by atoms with Crippen LogP contribution in [0.15, 0.2) is 24.3 Å². The fourth-order valence-corrected chi connectivity index (χ4v) is 3.69. The topological polar surface area (TPSA) is 29.1 Å². The largest absolute Gasteiger partial charge is 0.355 e. The molecule has 1 aliphatic heterocycles. The number of carbonyl (C=O) groups is 1. The highest BCUT2D eigenvalue weighted by Gasteiger charge is 2.52. The van der Waals surface area contributed by atoms with Gasteiger partial charge in [0.15, 0.2) is 0 Å². The Balaban J connectivity index is 2.03. The number of hydrogen-bond acceptors (Lipinski definition) is 1. The average Bonchev–Trinajstić information content (AvgIpc) is 2.92. The molecule has 1 saturated carbocycles. The summed E-state index contributed by atoms with van der Waals surface area (Å²) < 4.78 is 0. The van der Waals surface area contributed by atoms with E-state index >= 15 is 0 Å². The molecule has 0 aromatic heterocycles. The number of nitrogens with one attached hydrogen (secondary N) is 1. The van der Waals surface area contributed by atoms with Crippen molar-refractivity contribution in [2.24, 2.45) is 5.41 Å². The molecule has 1 aliphatic carbocycles. The van der Waals surface area contributed by atoms with Crippen LogP contribution in [0.5, 0.6) is 0 Å². The highest BCUT2D eigenvalue weighted by Crippen LogP contribution is 2.51. The van der Waals surface area contributed by atoms with Gasteiger partial charge < -0.3 is 5.32 Å². The number of rotatable bonds is 1. The first-order valence-corrected chi connectivity index (χ1v) is 6.58. The number of carbonyl (C=O) groups excluding carboxylic acids is 1. The first-order valence-electron chi connectivity index (χ1n) is 6.58. The van der Waals surface area contributed by atoms with E-state index in [2.05, 4.69) is 36.5 Å². The van der Waals surface area contributed by atoms with Gasteiger partial charge in [0.2, 0.25) is 5.91 Å². The lowest BCUT2D eigenvalue weighted by Gasteiger charge is -2.28. The maximum atomic E-state index is 12.2. The average molecular weight is 229 g/mol. The lowest BCUT2D eigenvalue weighted by Crippen LogP contribution is -2.31. The molecular formula is C15H19NO. The van der Waals surface area contributed by atoms with Gasteiger partial charge in [0.1, 0.15) is 0 Å². The number of amides is 1. The van der Waals surface area contributed by atoms with Gasteiger partial charge in [-0.3, -0.25) is 4.79 Å². The molecule has 2 fully saturated rings. The molecule has 0 bridgehead atoms. The third-order valence-electron chi connectivity index (χ3n) is 4.65. The Morgan fingerprint density at radius 1 is 1.24 bits per heavy atom. The third kappa shape index (κ3) is 1.50. The molecule has 2 nitrogen and oxygen atoms in total. The number of hydrogen-bond donors (Lipinski definition) is 1. The van der Waals surface area contributed by atoms with Gasteiger partial charge in [-0.25, -0.2) is 0 Å². The van der Waals surface area contributed by atoms with Crippen molar-refractivity contribution in [3.8, 4) is 0 Å². The lowest BCUT2D eigenvalue weighted by molar-refractivity contribution is -0.127. The van der Waals surface area contributed by atoms with Crippen molar-refractivity contribution in [2.45, 2.75) is 38.5 Å². The van der Waals surface area contributed by atoms with E-state index in [1.807, 2.05) is 0 Å². The van der Waals surface area contributed by atoms with Crippen LogP contribution in [0.25, 0.3) is 0 Å². The SMILES string of the molecule is Cc1ccccc1[C@@H]1CNC(=O)C12CCCC2. The third-order valence-corrected chi connectivity index (χ3v) is 4.65. The van der Waals surface area contributed by atoms with Crippen molar-refractivity contribution in [3.63, 3.8) is 0 Å². The summed E-state index contributed by atoms with van der Waals surface area (Å²) in [5, 5.41) is 3.09. The molecule has 1 saturated heterocycles. The van der Waals surface area contributed by atoms with E-state index in [-0.39, 0.29) is 5.41 Å². The molecule has 1 aromatic rings. The molecule has 1 atom stereocenters. The number of benzene rings is 1. The summed E-state index contributed by atoms with van der Waals surface area (Å²) in [6.45, 7) is 2.98. The Kier molecular flexibility index (Phi) is 2.46. The fraction of sp³-hybridized carbons (Fsp3) is 0.533. The summed E-state index contributed by atoms with van der Waals surface area (Å²) in [4.78, 5) is 12.2. The first-order chi connectivity index (χ1) is 8.24. The van der Waals surface area contributed by atoms with Crippen LogP contribution in [-0.4, -0.2) is 12.5 Å². The van der Waals surface area contributed by atoms with Crippen molar-refractivity contribution >= 4 is 5.91 Å². The molecule has 1 N–H and O–H groups in total. The minimum atomic E-state index is -0.0912. The Morgan fingerprint density at radius 2 is 1.94 bits per heavy atom. The van der Waals surface area contributed by atoms with Crippen molar-refractivity contribution < 1.29 is 4.79 Å². The standard InChI is InChI=1S/C15H19NO/c1-11-6-2-3-7-12(11)13-10-16-14(17)15(13)8-4-5-9-15/h2-3,6-7,13H,4-5,8-10H2,1H3,(H,16,17)/t13-/m0/s1. The summed E-state index contributed by atoms with van der Waals surface area (Å²) in [6.07, 6.45) is 4.54. The van der Waals surface area contributed by atoms with Gasteiger partial charge in [0.05, 0.1) is 5.41 Å². The molecule has 0 radical (unpaired) electrons. The normalized spacial score (nSPS) is 26.4. The van der Waals surface area contributed by atoms with Crippen LogP contribution in [-0.2, 0) is 4.79 Å². The summed E-state index contributed by atoms with van der Waals surface area (Å²) in [5.74, 6) is 0.682. The van der Waals surface area contributed by atoms with Gasteiger partial charge in [-0.1, -0.05) is 37.1 Å². The number of aryl methyl sites for hydroxylation is 1. The minimum absolute atomic E-state index is 0.0912. The van der Waals surface area contributed by atoms with Gasteiger partial charge >= 0.3 is 0 Å². The molecule has 2 aliphatic rings. The van der Waals surface area contributed by atoms with Crippen molar-refractivity contribution in [3.05, 3.63) is 35.4 Å². The van der Waals surface area contributed by atoms with Crippen LogP contribution in [0.4, 0.5) is 0 Å². The molecule has 3 rings (SSSR count). The molecule has 1 aromatic carbocycles. The van der Waals surface area contributed by atoms with Crippen molar-refractivity contribution in [1.82, 2.24) is 5.32 Å². The Morgan fingerprint density at radius 3 is 2.65 bits per heavy atom. The van der Waals surface area contributed by atoms with Crippen LogP contribution in [0, 0.1) is 12.3 Å². The van der Waals surface area contributed by atoms with Gasteiger partial charge in [0, 0.05) is 12.5 Å². The Labute approximate surface area is 102 Å². The van der Waals surface area contributed by atoms with E-state index < -0.39 is 0 Å². The highest BCUT2D eigenvalue weighted by molar-refractivity contribution is 5.86. The summed E-state index contributed by atoms with van der Waals surface area (Å²) in [5.41, 5.74) is 2.60. The van der Waals surface area contributed by atoms with Gasteiger partial charge in [-0.2, -0.15) is 0 Å². The summed E-state index contributed by atoms with van der Waals surface area (Å²) in [6, 6.07) is 8.51. The van der Waals surface area contributed by atoms with Crippen LogP contribution >= 0.6 is 0 Å². The highest BCUT2D eigenvalue weighted by atomic mass is 16.2. The van der Waals surface area contributed by atoms with E-state index in [1.165, 1.54) is 24.0 Å². The van der Waals surface area contributed by atoms with Gasteiger partial charge in [-0.05, 0) is 30.9 Å². The van der Waals surface area contributed by atoms with Gasteiger partial charge in [0.25, 0.3) is 0 Å². The van der Waals surface area contributed by atoms with Crippen LogP contribution < -0.4 is 5.32 Å². The monoisotopic (exact) mass is 229 g/mol. The Hall–Kier alpha value is -1.31.